The van der Waals surface area contributed by atoms with E-state index in [2.05, 4.69) is 25.4 Å². The van der Waals surface area contributed by atoms with E-state index in [4.69, 9.17) is 5.11 Å². The molecule has 0 bridgehead atoms. The van der Waals surface area contributed by atoms with Crippen LogP contribution in [0.15, 0.2) is 0 Å². The van der Waals surface area contributed by atoms with Gasteiger partial charge in [-0.15, -0.1) is 0 Å². The maximum atomic E-state index is 11.3. The quantitative estimate of drug-likeness (QED) is 0.687. The highest BCUT2D eigenvalue weighted by molar-refractivity contribution is 7.09. The molecular weight excluding hydrogens is 234 g/mol. The van der Waals surface area contributed by atoms with Crippen LogP contribution in [0.4, 0.5) is 9.93 Å². The molecule has 1 atom stereocenters. The molecule has 1 rings (SSSR count). The van der Waals surface area contributed by atoms with Crippen LogP contribution in [0.1, 0.15) is 19.8 Å². The molecule has 0 saturated heterocycles. The summed E-state index contributed by atoms with van der Waals surface area (Å²) in [7, 11) is 0. The van der Waals surface area contributed by atoms with Gasteiger partial charge in [-0.05, 0) is 11.6 Å². The third-order valence-electron chi connectivity index (χ3n) is 1.70. The van der Waals surface area contributed by atoms with E-state index < -0.39 is 18.0 Å². The number of carbonyl (C=O) groups excluding carboxylic acids is 1. The summed E-state index contributed by atoms with van der Waals surface area (Å²) in [5.41, 5.74) is 0. The van der Waals surface area contributed by atoms with Crippen molar-refractivity contribution in [3.8, 4) is 0 Å². The van der Waals surface area contributed by atoms with Crippen LogP contribution in [0.3, 0.4) is 0 Å². The minimum atomic E-state index is -1.06. The van der Waals surface area contributed by atoms with Gasteiger partial charge in [0.15, 0.2) is 0 Å². The summed E-state index contributed by atoms with van der Waals surface area (Å²) >= 11 is 0.908. The van der Waals surface area contributed by atoms with E-state index in [-0.39, 0.29) is 5.13 Å². The zero-order valence-electron chi connectivity index (χ0n) is 8.51. The predicted octanol–water partition coefficient (Wildman–Crippen LogP) is 0.308. The van der Waals surface area contributed by atoms with Crippen molar-refractivity contribution in [3.63, 3.8) is 0 Å². The minimum absolute atomic E-state index is 0.220. The molecule has 1 aromatic rings. The topological polar surface area (TPSA) is 117 Å². The third-order valence-corrected chi connectivity index (χ3v) is 2.21. The molecule has 0 aliphatic carbocycles. The van der Waals surface area contributed by atoms with E-state index in [9.17, 15) is 9.59 Å². The predicted molar refractivity (Wildman–Crippen MR) is 56.2 cm³/mol. The van der Waals surface area contributed by atoms with Crippen LogP contribution >= 0.6 is 11.5 Å². The van der Waals surface area contributed by atoms with Crippen molar-refractivity contribution in [2.24, 2.45) is 0 Å². The molecule has 1 aromatic heterocycles. The molecule has 0 aliphatic rings. The first kappa shape index (κ1) is 12.3. The number of hydrogen-bond acceptors (Lipinski definition) is 6. The number of rotatable bonds is 5. The molecular formula is C7H11N5O3S. The first-order valence-corrected chi connectivity index (χ1v) is 5.36. The lowest BCUT2D eigenvalue weighted by Crippen LogP contribution is -2.42. The van der Waals surface area contributed by atoms with Crippen molar-refractivity contribution < 1.29 is 14.7 Å². The van der Waals surface area contributed by atoms with E-state index in [1.165, 1.54) is 0 Å². The second kappa shape index (κ2) is 5.95. The van der Waals surface area contributed by atoms with Gasteiger partial charge in [0.05, 0.1) is 0 Å². The minimum Gasteiger partial charge on any atom is -0.480 e. The highest BCUT2D eigenvalue weighted by atomic mass is 32.1. The van der Waals surface area contributed by atoms with E-state index in [0.29, 0.717) is 12.8 Å². The molecule has 0 aliphatic heterocycles. The summed E-state index contributed by atoms with van der Waals surface area (Å²) in [6, 6.07) is -1.52. The van der Waals surface area contributed by atoms with E-state index in [0.717, 1.165) is 11.5 Å². The van der Waals surface area contributed by atoms with Crippen LogP contribution in [-0.2, 0) is 4.79 Å². The number of carbonyl (C=O) groups is 2. The van der Waals surface area contributed by atoms with Crippen molar-refractivity contribution in [1.82, 2.24) is 20.1 Å². The molecule has 1 heterocycles. The lowest BCUT2D eigenvalue weighted by Gasteiger charge is -2.12. The first-order valence-electron chi connectivity index (χ1n) is 4.58. The molecule has 8 nitrogen and oxygen atoms in total. The van der Waals surface area contributed by atoms with Crippen molar-refractivity contribution >= 4 is 28.7 Å². The third kappa shape index (κ3) is 3.77. The van der Waals surface area contributed by atoms with Crippen LogP contribution in [0.5, 0.6) is 0 Å². The van der Waals surface area contributed by atoms with Gasteiger partial charge in [-0.1, -0.05) is 22.9 Å². The Morgan fingerprint density at radius 1 is 1.56 bits per heavy atom. The molecule has 0 fully saturated rings. The summed E-state index contributed by atoms with van der Waals surface area (Å²) in [5.74, 6) is -1.06. The molecule has 2 amide bonds. The van der Waals surface area contributed by atoms with Gasteiger partial charge in [0.25, 0.3) is 0 Å². The van der Waals surface area contributed by atoms with Gasteiger partial charge >= 0.3 is 12.0 Å². The molecule has 3 N–H and O–H groups in total. The van der Waals surface area contributed by atoms with Gasteiger partial charge in [0.1, 0.15) is 6.04 Å². The fraction of sp³-hybridized carbons (Fsp3) is 0.571. The molecule has 88 valence electrons. The summed E-state index contributed by atoms with van der Waals surface area (Å²) in [6.45, 7) is 1.84. The van der Waals surface area contributed by atoms with Crippen molar-refractivity contribution in [2.75, 3.05) is 5.32 Å². The zero-order valence-corrected chi connectivity index (χ0v) is 9.32. The van der Waals surface area contributed by atoms with Crippen molar-refractivity contribution in [1.29, 1.82) is 0 Å². The average molecular weight is 245 g/mol. The Kier molecular flexibility index (Phi) is 4.58. The smallest absolute Gasteiger partial charge is 0.326 e. The molecule has 16 heavy (non-hydrogen) atoms. The zero-order chi connectivity index (χ0) is 12.0. The maximum absolute atomic E-state index is 11.3. The van der Waals surface area contributed by atoms with Gasteiger partial charge in [0.2, 0.25) is 5.13 Å². The summed E-state index contributed by atoms with van der Waals surface area (Å²) in [4.78, 5) is 22.1. The first-order chi connectivity index (χ1) is 7.63. The van der Waals surface area contributed by atoms with E-state index >= 15 is 0 Å². The normalized spacial score (nSPS) is 11.8. The van der Waals surface area contributed by atoms with Crippen LogP contribution in [0.2, 0.25) is 0 Å². The Hall–Kier alpha value is -1.77. The van der Waals surface area contributed by atoms with Crippen molar-refractivity contribution in [2.45, 2.75) is 25.8 Å². The largest absolute Gasteiger partial charge is 0.480 e. The van der Waals surface area contributed by atoms with Gasteiger partial charge in [-0.2, -0.15) is 0 Å². The van der Waals surface area contributed by atoms with Gasteiger partial charge < -0.3 is 10.4 Å². The number of amides is 2. The Bertz CT molecular complexity index is 355. The number of carboxylic acid groups (broad SMARTS) is 1. The number of carboxylic acids is 1. The average Bonchev–Trinajstić information content (AvgIpc) is 2.69. The number of anilines is 1. The SMILES string of the molecule is CCCC(NC(=O)Nc1nnns1)C(=O)O. The lowest BCUT2D eigenvalue weighted by molar-refractivity contribution is -0.139. The van der Waals surface area contributed by atoms with Gasteiger partial charge in [-0.3, -0.25) is 5.32 Å². The number of aromatic nitrogens is 3. The van der Waals surface area contributed by atoms with Crippen LogP contribution < -0.4 is 10.6 Å². The van der Waals surface area contributed by atoms with Crippen LogP contribution in [0, 0.1) is 0 Å². The molecule has 0 saturated carbocycles. The second-order valence-corrected chi connectivity index (χ2v) is 3.68. The number of urea groups is 1. The lowest BCUT2D eigenvalue weighted by atomic mass is 10.2. The monoisotopic (exact) mass is 245 g/mol. The number of nitrogens with one attached hydrogen (secondary N) is 2. The highest BCUT2D eigenvalue weighted by Gasteiger charge is 2.19. The van der Waals surface area contributed by atoms with Crippen molar-refractivity contribution in [3.05, 3.63) is 0 Å². The Labute approximate surface area is 95.2 Å². The Morgan fingerprint density at radius 2 is 2.31 bits per heavy atom. The number of aliphatic carboxylic acids is 1. The standard InChI is InChI=1S/C7H11N5O3S/c1-2-3-4(5(13)14)8-6(15)9-7-10-11-12-16-7/h4H,2-3H2,1H3,(H,13,14)(H2,8,9,10,12,15). The fourth-order valence-electron chi connectivity index (χ4n) is 1.02. The van der Waals surface area contributed by atoms with E-state index in [1.807, 2.05) is 6.92 Å². The maximum Gasteiger partial charge on any atom is 0.326 e. The number of hydrogen-bond donors (Lipinski definition) is 3. The molecule has 0 aromatic carbocycles. The number of nitrogens with zero attached hydrogens (tertiary/aromatic N) is 3. The van der Waals surface area contributed by atoms with E-state index in [1.54, 1.807) is 0 Å². The van der Waals surface area contributed by atoms with Gasteiger partial charge in [0, 0.05) is 11.5 Å². The molecule has 0 spiro atoms. The summed E-state index contributed by atoms with van der Waals surface area (Å²) in [6.07, 6.45) is 1.04. The highest BCUT2D eigenvalue weighted by Crippen LogP contribution is 2.04. The molecule has 1 unspecified atom stereocenters. The fourth-order valence-corrected chi connectivity index (χ4v) is 1.38. The van der Waals surface area contributed by atoms with Crippen LogP contribution in [0.25, 0.3) is 0 Å². The van der Waals surface area contributed by atoms with Gasteiger partial charge in [-0.25, -0.2) is 9.59 Å². The summed E-state index contributed by atoms with van der Waals surface area (Å²) < 4.78 is 3.45. The molecule has 9 heteroatoms. The Morgan fingerprint density at radius 3 is 2.81 bits per heavy atom. The molecule has 0 radical (unpaired) electrons. The second-order valence-electron chi connectivity index (χ2n) is 2.95. The Balaban J connectivity index is 2.45. The summed E-state index contributed by atoms with van der Waals surface area (Å²) in [5, 5.41) is 20.4. The van der Waals surface area contributed by atoms with Crippen LogP contribution in [-0.4, -0.2) is 37.9 Å².